The zero-order chi connectivity index (χ0) is 18.4. The number of hydrogen-bond acceptors (Lipinski definition) is 4. The third-order valence-electron chi connectivity index (χ3n) is 2.62. The van der Waals surface area contributed by atoms with Gasteiger partial charge < -0.3 is 0 Å². The van der Waals surface area contributed by atoms with Crippen molar-refractivity contribution in [2.45, 2.75) is 48.5 Å². The normalized spacial score (nSPS) is 17.5. The Morgan fingerprint density at radius 2 is 1.39 bits per heavy atom. The summed E-state index contributed by atoms with van der Waals surface area (Å²) in [5.74, 6) is 0. The fourth-order valence-electron chi connectivity index (χ4n) is 1.84. The average Bonchev–Trinajstić information content (AvgIpc) is 3.16. The second-order valence-electron chi connectivity index (χ2n) is 3.54. The number of nitrogens with one attached hydrogen (secondary N) is 2. The molecule has 2 N–H and O–H groups in total. The Kier molecular flexibility index (Phi) is 13.3. The maximum absolute atomic E-state index is 3.81. The Morgan fingerprint density at radius 3 is 1.78 bits per heavy atom. The van der Waals surface area contributed by atoms with Gasteiger partial charge in [0.1, 0.15) is 11.4 Å². The van der Waals surface area contributed by atoms with E-state index in [1.54, 1.807) is 18.2 Å². The Hall–Kier alpha value is -2.36. The molecule has 1 fully saturated rings. The van der Waals surface area contributed by atoms with Gasteiger partial charge in [-0.1, -0.05) is 73.4 Å². The second kappa shape index (κ2) is 13.3. The summed E-state index contributed by atoms with van der Waals surface area (Å²) in [6, 6.07) is 0. The summed E-state index contributed by atoms with van der Waals surface area (Å²) >= 11 is 0. The minimum atomic E-state index is 0.914. The Balaban J connectivity index is 0. The molecule has 0 amide bonds. The predicted molar refractivity (Wildman–Crippen MR) is 103 cm³/mol. The van der Waals surface area contributed by atoms with E-state index >= 15 is 0 Å². The van der Waals surface area contributed by atoms with E-state index in [0.29, 0.717) is 0 Å². The topological polar surface area (TPSA) is 30.5 Å². The smallest absolute Gasteiger partial charge is 0.108 e. The molecule has 0 atom stereocenters. The predicted octanol–water partition coefficient (Wildman–Crippen LogP) is 5.18. The van der Waals surface area contributed by atoms with Crippen molar-refractivity contribution in [1.82, 2.24) is 21.1 Å². The van der Waals surface area contributed by atoms with E-state index in [9.17, 15) is 0 Å². The van der Waals surface area contributed by atoms with Crippen LogP contribution in [0.3, 0.4) is 0 Å². The third kappa shape index (κ3) is 5.09. The van der Waals surface area contributed by atoms with Crippen molar-refractivity contribution in [2.75, 3.05) is 0 Å². The molecule has 0 saturated carbocycles. The van der Waals surface area contributed by atoms with Gasteiger partial charge in [-0.2, -0.15) is 10.2 Å². The lowest BCUT2D eigenvalue weighted by atomic mass is 10.3. The van der Waals surface area contributed by atoms with Crippen molar-refractivity contribution in [3.05, 3.63) is 72.9 Å². The summed E-state index contributed by atoms with van der Waals surface area (Å²) in [5, 5.41) is 3.78. The molecule has 130 valence electrons. The number of rotatable bonds is 3. The van der Waals surface area contributed by atoms with Crippen LogP contribution in [0.25, 0.3) is 0 Å². The molecule has 0 bridgehead atoms. The molecule has 2 aliphatic heterocycles. The fraction of sp³-hybridized carbons (Fsp3) is 0.368. The summed E-state index contributed by atoms with van der Waals surface area (Å²) in [6.45, 7) is 25.3. The van der Waals surface area contributed by atoms with Crippen molar-refractivity contribution in [1.29, 1.82) is 0 Å². The van der Waals surface area contributed by atoms with Crippen LogP contribution < -0.4 is 10.9 Å². The minimum Gasteiger partial charge on any atom is -0.276 e. The van der Waals surface area contributed by atoms with E-state index in [-0.39, 0.29) is 0 Å². The van der Waals surface area contributed by atoms with E-state index in [0.717, 1.165) is 22.8 Å². The molecule has 0 aromatic carbocycles. The number of nitrogens with zero attached hydrogens (tertiary/aromatic N) is 2. The first-order valence-corrected chi connectivity index (χ1v) is 8.38. The molecule has 0 radical (unpaired) electrons. The van der Waals surface area contributed by atoms with Gasteiger partial charge in [-0.25, -0.2) is 0 Å². The SMILES string of the molecule is C=C/C=C1\C(=C/C)NN2C(C=C)=C(C=C)NN12.CC.CC.CC. The molecule has 0 spiro atoms. The summed E-state index contributed by atoms with van der Waals surface area (Å²) in [5.41, 5.74) is 10.4. The number of hydrazine groups is 3. The first-order chi connectivity index (χ1) is 11.3. The summed E-state index contributed by atoms with van der Waals surface area (Å²) in [6.07, 6.45) is 9.23. The van der Waals surface area contributed by atoms with Crippen molar-refractivity contribution in [3.8, 4) is 0 Å². The molecule has 0 aliphatic carbocycles. The molecule has 2 aliphatic rings. The molecule has 0 aromatic heterocycles. The fourth-order valence-corrected chi connectivity index (χ4v) is 1.84. The van der Waals surface area contributed by atoms with Crippen LogP contribution in [0.4, 0.5) is 0 Å². The van der Waals surface area contributed by atoms with Gasteiger partial charge in [0.15, 0.2) is 0 Å². The number of allylic oxidation sites excluding steroid dienone is 5. The second-order valence-corrected chi connectivity index (χ2v) is 3.54. The van der Waals surface area contributed by atoms with Crippen molar-refractivity contribution in [2.24, 2.45) is 0 Å². The first kappa shape index (κ1) is 22.9. The molecular formula is C19H34N4. The van der Waals surface area contributed by atoms with Gasteiger partial charge in [0.25, 0.3) is 0 Å². The molecule has 23 heavy (non-hydrogen) atoms. The minimum absolute atomic E-state index is 0.914. The monoisotopic (exact) mass is 318 g/mol. The Labute approximate surface area is 143 Å². The number of fused-ring (bicyclic) bond motifs is 1. The van der Waals surface area contributed by atoms with Gasteiger partial charge in [0, 0.05) is 0 Å². The molecular weight excluding hydrogens is 284 g/mol. The lowest BCUT2D eigenvalue weighted by Crippen LogP contribution is -2.40. The van der Waals surface area contributed by atoms with E-state index in [2.05, 4.69) is 30.6 Å². The van der Waals surface area contributed by atoms with Crippen LogP contribution in [0.15, 0.2) is 72.9 Å². The van der Waals surface area contributed by atoms with E-state index < -0.39 is 0 Å². The van der Waals surface area contributed by atoms with E-state index in [1.807, 2.05) is 70.9 Å². The lowest BCUT2D eigenvalue weighted by Gasteiger charge is -2.22. The van der Waals surface area contributed by atoms with Gasteiger partial charge in [0.05, 0.1) is 11.4 Å². The van der Waals surface area contributed by atoms with Gasteiger partial charge in [-0.15, -0.1) is 0 Å². The summed E-state index contributed by atoms with van der Waals surface area (Å²) in [7, 11) is 0. The van der Waals surface area contributed by atoms with Gasteiger partial charge in [-0.05, 0) is 25.2 Å². The zero-order valence-corrected chi connectivity index (χ0v) is 15.9. The van der Waals surface area contributed by atoms with Crippen LogP contribution in [-0.2, 0) is 0 Å². The summed E-state index contributed by atoms with van der Waals surface area (Å²) in [4.78, 5) is 0. The van der Waals surface area contributed by atoms with Crippen molar-refractivity contribution < 1.29 is 0 Å². The summed E-state index contributed by atoms with van der Waals surface area (Å²) < 4.78 is 0. The molecule has 4 nitrogen and oxygen atoms in total. The lowest BCUT2D eigenvalue weighted by molar-refractivity contribution is 0.0442. The van der Waals surface area contributed by atoms with E-state index in [4.69, 9.17) is 0 Å². The van der Waals surface area contributed by atoms with Gasteiger partial charge in [0.2, 0.25) is 0 Å². The highest BCUT2D eigenvalue weighted by Gasteiger charge is 2.36. The number of hydrogen-bond donors (Lipinski definition) is 2. The molecule has 2 rings (SSSR count). The highest BCUT2D eigenvalue weighted by atomic mass is 16.0. The van der Waals surface area contributed by atoms with E-state index in [1.165, 1.54) is 0 Å². The molecule has 1 saturated heterocycles. The highest BCUT2D eigenvalue weighted by Crippen LogP contribution is 2.31. The maximum atomic E-state index is 3.81. The van der Waals surface area contributed by atoms with Crippen LogP contribution in [0.1, 0.15) is 48.5 Å². The molecule has 4 heteroatoms. The first-order valence-electron chi connectivity index (χ1n) is 8.38. The van der Waals surface area contributed by atoms with Crippen LogP contribution in [0, 0.1) is 0 Å². The van der Waals surface area contributed by atoms with Crippen molar-refractivity contribution in [3.63, 3.8) is 0 Å². The van der Waals surface area contributed by atoms with Crippen molar-refractivity contribution >= 4 is 0 Å². The Morgan fingerprint density at radius 1 is 0.826 bits per heavy atom. The van der Waals surface area contributed by atoms with Gasteiger partial charge in [-0.3, -0.25) is 10.9 Å². The quantitative estimate of drug-likeness (QED) is 0.751. The third-order valence-corrected chi connectivity index (χ3v) is 2.62. The van der Waals surface area contributed by atoms with Crippen LogP contribution in [0.5, 0.6) is 0 Å². The average molecular weight is 319 g/mol. The zero-order valence-electron chi connectivity index (χ0n) is 15.9. The molecule has 2 heterocycles. The molecule has 0 unspecified atom stereocenters. The maximum Gasteiger partial charge on any atom is 0.108 e. The standard InChI is InChI=1S/C13H16N4.3C2H6/c1-5-9-13-11(7-3)15-16-12(8-4)10(6-2)14-17(13)16;3*1-2/h5-9,14-15H,1-2,4H2,3H3;3*1-2H3/b11-7+,13-9+;;;. The van der Waals surface area contributed by atoms with Crippen LogP contribution in [0.2, 0.25) is 0 Å². The van der Waals surface area contributed by atoms with Crippen LogP contribution >= 0.6 is 0 Å². The largest absolute Gasteiger partial charge is 0.276 e. The molecule has 0 aromatic rings. The van der Waals surface area contributed by atoms with Gasteiger partial charge >= 0.3 is 0 Å². The highest BCUT2D eigenvalue weighted by molar-refractivity contribution is 5.41. The van der Waals surface area contributed by atoms with Crippen LogP contribution in [-0.4, -0.2) is 10.2 Å². The Bertz CT molecular complexity index is 470.